The van der Waals surface area contributed by atoms with Gasteiger partial charge in [-0.15, -0.1) is 0 Å². The molecule has 3 nitrogen and oxygen atoms in total. The highest BCUT2D eigenvalue weighted by Crippen LogP contribution is 2.16. The van der Waals surface area contributed by atoms with E-state index in [1.165, 1.54) is 0 Å². The zero-order valence-corrected chi connectivity index (χ0v) is 12.2. The van der Waals surface area contributed by atoms with Crippen LogP contribution in [0.15, 0.2) is 46.5 Å². The molecule has 0 N–H and O–H groups in total. The molecule has 102 valence electrons. The number of rotatable bonds is 5. The lowest BCUT2D eigenvalue weighted by molar-refractivity contribution is -0.137. The maximum atomic E-state index is 11.9. The van der Waals surface area contributed by atoms with Gasteiger partial charge in [-0.2, -0.15) is 0 Å². The zero-order chi connectivity index (χ0) is 14.3. The molecule has 0 aromatic heterocycles. The zero-order valence-electron chi connectivity index (χ0n) is 11.4. The van der Waals surface area contributed by atoms with Crippen LogP contribution in [0.1, 0.15) is 19.4 Å². The van der Waals surface area contributed by atoms with Crippen molar-refractivity contribution in [1.29, 1.82) is 0 Å². The molecule has 1 aromatic rings. The minimum Gasteiger partial charge on any atom is -0.462 e. The summed E-state index contributed by atoms with van der Waals surface area (Å²) in [5.41, 5.74) is 2.32. The fraction of sp³-hybridized carbons (Fsp3) is 0.333. The molecule has 0 radical (unpaired) electrons. The first kappa shape index (κ1) is 15.4. The number of ether oxygens (including phenoxy) is 1. The monoisotopic (exact) mass is 279 g/mol. The number of carbonyl (C=O) groups is 1. The first-order valence-corrected chi connectivity index (χ1v) is 6.51. The Bertz CT molecular complexity index is 492. The number of nitrogens with zero attached hydrogens (tertiary/aromatic N) is 1. The highest BCUT2D eigenvalue weighted by Gasteiger charge is 2.18. The van der Waals surface area contributed by atoms with Gasteiger partial charge in [0.05, 0.1) is 12.2 Å². The van der Waals surface area contributed by atoms with Gasteiger partial charge >= 0.3 is 5.97 Å². The smallest absolute Gasteiger partial charge is 0.341 e. The Morgan fingerprint density at radius 3 is 2.47 bits per heavy atom. The van der Waals surface area contributed by atoms with Crippen LogP contribution in [0.5, 0.6) is 0 Å². The van der Waals surface area contributed by atoms with E-state index < -0.39 is 5.97 Å². The maximum absolute atomic E-state index is 11.9. The predicted octanol–water partition coefficient (Wildman–Crippen LogP) is 3.38. The SMILES string of the molecule is CCOC(=O)/C(C(Cl)=NC)=C(/C)Cc1ccccc1. The fourth-order valence-electron chi connectivity index (χ4n) is 1.74. The molecule has 0 amide bonds. The Morgan fingerprint density at radius 1 is 1.32 bits per heavy atom. The summed E-state index contributed by atoms with van der Waals surface area (Å²) in [4.78, 5) is 15.8. The van der Waals surface area contributed by atoms with Crippen molar-refractivity contribution in [2.45, 2.75) is 20.3 Å². The van der Waals surface area contributed by atoms with Crippen molar-refractivity contribution in [3.63, 3.8) is 0 Å². The molecule has 1 rings (SSSR count). The van der Waals surface area contributed by atoms with Gasteiger partial charge in [-0.1, -0.05) is 47.5 Å². The first-order valence-electron chi connectivity index (χ1n) is 6.13. The van der Waals surface area contributed by atoms with Gasteiger partial charge < -0.3 is 4.74 Å². The van der Waals surface area contributed by atoms with E-state index >= 15 is 0 Å². The predicted molar refractivity (Wildman–Crippen MR) is 78.7 cm³/mol. The molecular weight excluding hydrogens is 262 g/mol. The van der Waals surface area contributed by atoms with Crippen molar-refractivity contribution < 1.29 is 9.53 Å². The first-order chi connectivity index (χ1) is 9.10. The van der Waals surface area contributed by atoms with E-state index in [9.17, 15) is 4.79 Å². The molecule has 1 aromatic carbocycles. The van der Waals surface area contributed by atoms with Crippen molar-refractivity contribution >= 4 is 22.7 Å². The molecule has 0 aliphatic carbocycles. The number of carbonyl (C=O) groups excluding carboxylic acids is 1. The third kappa shape index (κ3) is 4.52. The second-order valence-corrected chi connectivity index (χ2v) is 4.41. The molecule has 0 atom stereocenters. The summed E-state index contributed by atoms with van der Waals surface area (Å²) < 4.78 is 5.02. The number of esters is 1. The van der Waals surface area contributed by atoms with Crippen molar-refractivity contribution in [3.05, 3.63) is 47.0 Å². The number of benzene rings is 1. The molecule has 0 aliphatic heterocycles. The van der Waals surface area contributed by atoms with Gasteiger partial charge in [-0.3, -0.25) is 4.99 Å². The van der Waals surface area contributed by atoms with Crippen LogP contribution in [0.4, 0.5) is 0 Å². The van der Waals surface area contributed by atoms with Crippen molar-refractivity contribution in [2.75, 3.05) is 13.7 Å². The molecule has 0 aliphatic rings. The molecule has 0 saturated carbocycles. The van der Waals surface area contributed by atoms with Gasteiger partial charge in [0.25, 0.3) is 0 Å². The molecule has 0 spiro atoms. The second kappa shape index (κ2) is 7.74. The lowest BCUT2D eigenvalue weighted by Gasteiger charge is -2.10. The molecule has 19 heavy (non-hydrogen) atoms. The minimum absolute atomic E-state index is 0.187. The van der Waals surface area contributed by atoms with Gasteiger partial charge in [0.1, 0.15) is 5.17 Å². The van der Waals surface area contributed by atoms with E-state index in [1.54, 1.807) is 14.0 Å². The highest BCUT2D eigenvalue weighted by molar-refractivity contribution is 6.72. The Labute approximate surface area is 118 Å². The number of halogens is 1. The lowest BCUT2D eigenvalue weighted by atomic mass is 10.0. The van der Waals surface area contributed by atoms with E-state index in [4.69, 9.17) is 16.3 Å². The van der Waals surface area contributed by atoms with E-state index in [-0.39, 0.29) is 5.17 Å². The molecule has 0 bridgehead atoms. The third-order valence-electron chi connectivity index (χ3n) is 2.62. The maximum Gasteiger partial charge on any atom is 0.341 e. The molecule has 4 heteroatoms. The summed E-state index contributed by atoms with van der Waals surface area (Å²) >= 11 is 6.01. The van der Waals surface area contributed by atoms with Gasteiger partial charge in [0.2, 0.25) is 0 Å². The quantitative estimate of drug-likeness (QED) is 0.471. The van der Waals surface area contributed by atoms with Gasteiger partial charge in [-0.05, 0) is 25.8 Å². The standard InChI is InChI=1S/C15H18ClNO2/c1-4-19-15(18)13(14(16)17-3)11(2)10-12-8-6-5-7-9-12/h5-9H,4,10H2,1-3H3/b13-11-,17-14?. The fourth-order valence-corrected chi connectivity index (χ4v) is 1.98. The molecule has 0 saturated heterocycles. The Hall–Kier alpha value is -1.61. The van der Waals surface area contributed by atoms with Gasteiger partial charge in [-0.25, -0.2) is 4.79 Å². The summed E-state index contributed by atoms with van der Waals surface area (Å²) in [6.07, 6.45) is 0.640. The van der Waals surface area contributed by atoms with Crippen LogP contribution in [-0.2, 0) is 16.0 Å². The van der Waals surface area contributed by atoms with Gasteiger partial charge in [0, 0.05) is 7.05 Å². The van der Waals surface area contributed by atoms with Crippen LogP contribution in [-0.4, -0.2) is 24.8 Å². The second-order valence-electron chi connectivity index (χ2n) is 4.05. The van der Waals surface area contributed by atoms with E-state index in [0.717, 1.165) is 11.1 Å². The summed E-state index contributed by atoms with van der Waals surface area (Å²) in [7, 11) is 1.55. The summed E-state index contributed by atoms with van der Waals surface area (Å²) in [5, 5.41) is 0.187. The Morgan fingerprint density at radius 2 is 1.95 bits per heavy atom. The van der Waals surface area contributed by atoms with Crippen molar-refractivity contribution in [2.24, 2.45) is 4.99 Å². The average molecular weight is 280 g/mol. The van der Waals surface area contributed by atoms with E-state index in [0.29, 0.717) is 18.6 Å². The summed E-state index contributed by atoms with van der Waals surface area (Å²) in [6.45, 7) is 3.95. The number of aliphatic imine (C=N–C) groups is 1. The number of allylic oxidation sites excluding steroid dienone is 1. The minimum atomic E-state index is -0.425. The number of hydrogen-bond donors (Lipinski definition) is 0. The summed E-state index contributed by atoms with van der Waals surface area (Å²) in [5.74, 6) is -0.425. The van der Waals surface area contributed by atoms with Crippen LogP contribution >= 0.6 is 11.6 Å². The molecule has 0 fully saturated rings. The Balaban J connectivity index is 3.06. The normalized spacial score (nSPS) is 12.9. The topological polar surface area (TPSA) is 38.7 Å². The third-order valence-corrected chi connectivity index (χ3v) is 2.98. The van der Waals surface area contributed by atoms with Crippen LogP contribution < -0.4 is 0 Å². The number of hydrogen-bond acceptors (Lipinski definition) is 3. The van der Waals surface area contributed by atoms with Crippen molar-refractivity contribution in [1.82, 2.24) is 0 Å². The van der Waals surface area contributed by atoms with Crippen LogP contribution in [0.25, 0.3) is 0 Å². The molecular formula is C15H18ClNO2. The van der Waals surface area contributed by atoms with Gasteiger partial charge in [0.15, 0.2) is 0 Å². The largest absolute Gasteiger partial charge is 0.462 e. The van der Waals surface area contributed by atoms with Crippen molar-refractivity contribution in [3.8, 4) is 0 Å². The lowest BCUT2D eigenvalue weighted by Crippen LogP contribution is -2.15. The Kier molecular flexibility index (Phi) is 6.30. The molecule has 0 heterocycles. The summed E-state index contributed by atoms with van der Waals surface area (Å²) in [6, 6.07) is 9.88. The van der Waals surface area contributed by atoms with E-state index in [1.807, 2.05) is 37.3 Å². The van der Waals surface area contributed by atoms with E-state index in [2.05, 4.69) is 4.99 Å². The average Bonchev–Trinajstić information content (AvgIpc) is 2.40. The van der Waals surface area contributed by atoms with Crippen LogP contribution in [0.2, 0.25) is 0 Å². The van der Waals surface area contributed by atoms with Crippen LogP contribution in [0.3, 0.4) is 0 Å². The van der Waals surface area contributed by atoms with Crippen LogP contribution in [0, 0.1) is 0 Å². The molecule has 0 unspecified atom stereocenters. The highest BCUT2D eigenvalue weighted by atomic mass is 35.5.